The van der Waals surface area contributed by atoms with Gasteiger partial charge in [0.15, 0.2) is 11.6 Å². The Morgan fingerprint density at radius 2 is 1.38 bits per heavy atom. The van der Waals surface area contributed by atoms with Gasteiger partial charge < -0.3 is 4.74 Å². The van der Waals surface area contributed by atoms with Crippen LogP contribution in [0.15, 0.2) is 12.1 Å². The molecule has 2 saturated carbocycles. The number of unbranched alkanes of at least 4 members (excludes halogenated alkanes) is 1. The standard InChI is InChI=1S/C26H40F2O/c1-3-5-18-29-24-17-16-23(25(27)26(24)28)22-14-12-21(13-15-22)11-10-20-8-6-19(4-2)7-9-20/h16-17,19-22H,3-15,18H2,1-2H3. The predicted molar refractivity (Wildman–Crippen MR) is 116 cm³/mol. The van der Waals surface area contributed by atoms with Crippen molar-refractivity contribution in [1.82, 2.24) is 0 Å². The molecule has 0 spiro atoms. The lowest BCUT2D eigenvalue weighted by Gasteiger charge is -2.32. The van der Waals surface area contributed by atoms with Gasteiger partial charge in [-0.05, 0) is 67.4 Å². The van der Waals surface area contributed by atoms with Crippen LogP contribution in [-0.4, -0.2) is 6.61 Å². The predicted octanol–water partition coefficient (Wildman–Crippen LogP) is 8.41. The van der Waals surface area contributed by atoms with E-state index in [2.05, 4.69) is 13.8 Å². The molecular formula is C26H40F2O. The molecule has 2 aliphatic carbocycles. The van der Waals surface area contributed by atoms with Crippen LogP contribution in [0.4, 0.5) is 8.78 Å². The van der Waals surface area contributed by atoms with Gasteiger partial charge in [-0.25, -0.2) is 4.39 Å². The van der Waals surface area contributed by atoms with Gasteiger partial charge in [-0.1, -0.05) is 71.3 Å². The summed E-state index contributed by atoms with van der Waals surface area (Å²) in [4.78, 5) is 0. The van der Waals surface area contributed by atoms with E-state index in [0.717, 1.165) is 56.3 Å². The van der Waals surface area contributed by atoms with E-state index in [9.17, 15) is 8.78 Å². The molecule has 2 fully saturated rings. The van der Waals surface area contributed by atoms with Crippen molar-refractivity contribution < 1.29 is 13.5 Å². The van der Waals surface area contributed by atoms with Crippen LogP contribution in [0.2, 0.25) is 0 Å². The molecule has 164 valence electrons. The van der Waals surface area contributed by atoms with Gasteiger partial charge in [0, 0.05) is 0 Å². The molecule has 0 aromatic heterocycles. The number of ether oxygens (including phenoxy) is 1. The smallest absolute Gasteiger partial charge is 0.200 e. The van der Waals surface area contributed by atoms with E-state index in [0.29, 0.717) is 12.2 Å². The number of hydrogen-bond acceptors (Lipinski definition) is 1. The molecule has 0 heterocycles. The van der Waals surface area contributed by atoms with Crippen molar-refractivity contribution in [2.75, 3.05) is 6.61 Å². The lowest BCUT2D eigenvalue weighted by atomic mass is 9.74. The number of hydrogen-bond donors (Lipinski definition) is 0. The van der Waals surface area contributed by atoms with Crippen LogP contribution in [0.25, 0.3) is 0 Å². The molecule has 1 aromatic carbocycles. The maximum absolute atomic E-state index is 14.6. The third-order valence-electron chi connectivity index (χ3n) is 7.65. The summed E-state index contributed by atoms with van der Waals surface area (Å²) >= 11 is 0. The molecule has 0 amide bonds. The van der Waals surface area contributed by atoms with E-state index in [4.69, 9.17) is 4.74 Å². The first kappa shape index (κ1) is 22.6. The van der Waals surface area contributed by atoms with Crippen molar-refractivity contribution >= 4 is 0 Å². The van der Waals surface area contributed by atoms with Crippen LogP contribution in [0.5, 0.6) is 5.75 Å². The number of benzene rings is 1. The monoisotopic (exact) mass is 406 g/mol. The Hall–Kier alpha value is -1.12. The Balaban J connectivity index is 1.45. The van der Waals surface area contributed by atoms with Crippen molar-refractivity contribution in [3.8, 4) is 5.75 Å². The van der Waals surface area contributed by atoms with E-state index in [1.165, 1.54) is 44.9 Å². The molecule has 0 unspecified atom stereocenters. The van der Waals surface area contributed by atoms with E-state index < -0.39 is 11.6 Å². The lowest BCUT2D eigenvalue weighted by molar-refractivity contribution is 0.226. The van der Waals surface area contributed by atoms with Crippen molar-refractivity contribution in [2.24, 2.45) is 17.8 Å². The molecule has 0 atom stereocenters. The van der Waals surface area contributed by atoms with Crippen LogP contribution < -0.4 is 4.74 Å². The summed E-state index contributed by atoms with van der Waals surface area (Å²) in [5.74, 6) is 1.41. The van der Waals surface area contributed by atoms with E-state index in [-0.39, 0.29) is 11.7 Å². The van der Waals surface area contributed by atoms with Gasteiger partial charge in [-0.3, -0.25) is 0 Å². The fraction of sp³-hybridized carbons (Fsp3) is 0.769. The summed E-state index contributed by atoms with van der Waals surface area (Å²) in [5, 5.41) is 0. The highest BCUT2D eigenvalue weighted by atomic mass is 19.2. The zero-order valence-electron chi connectivity index (χ0n) is 18.5. The lowest BCUT2D eigenvalue weighted by Crippen LogP contribution is -2.18. The zero-order chi connectivity index (χ0) is 20.6. The average Bonchev–Trinajstić information content (AvgIpc) is 2.76. The second-order valence-electron chi connectivity index (χ2n) is 9.57. The molecule has 1 nitrogen and oxygen atoms in total. The molecule has 2 aliphatic rings. The zero-order valence-corrected chi connectivity index (χ0v) is 18.5. The summed E-state index contributed by atoms with van der Waals surface area (Å²) in [6, 6.07) is 3.39. The van der Waals surface area contributed by atoms with Crippen molar-refractivity contribution in [3.05, 3.63) is 29.3 Å². The summed E-state index contributed by atoms with van der Waals surface area (Å²) in [6.07, 6.45) is 15.9. The van der Waals surface area contributed by atoms with Crippen LogP contribution in [0, 0.1) is 29.4 Å². The first-order valence-electron chi connectivity index (χ1n) is 12.2. The highest BCUT2D eigenvalue weighted by Crippen LogP contribution is 2.41. The highest BCUT2D eigenvalue weighted by molar-refractivity contribution is 5.33. The van der Waals surface area contributed by atoms with Gasteiger partial charge in [0.1, 0.15) is 0 Å². The average molecular weight is 407 g/mol. The number of halogens is 2. The largest absolute Gasteiger partial charge is 0.490 e. The minimum Gasteiger partial charge on any atom is -0.490 e. The Kier molecular flexibility index (Phi) is 8.81. The van der Waals surface area contributed by atoms with E-state index in [1.807, 2.05) is 0 Å². The van der Waals surface area contributed by atoms with Gasteiger partial charge in [0.2, 0.25) is 5.82 Å². The van der Waals surface area contributed by atoms with Gasteiger partial charge in [0.05, 0.1) is 6.61 Å². The molecule has 0 bridgehead atoms. The third kappa shape index (κ3) is 6.18. The summed E-state index contributed by atoms with van der Waals surface area (Å²) in [6.45, 7) is 4.82. The Bertz CT molecular complexity index is 613. The van der Waals surface area contributed by atoms with Gasteiger partial charge >= 0.3 is 0 Å². The Labute approximate surface area is 176 Å². The summed E-state index contributed by atoms with van der Waals surface area (Å²) in [7, 11) is 0. The van der Waals surface area contributed by atoms with Crippen molar-refractivity contribution in [2.45, 2.75) is 103 Å². The first-order chi connectivity index (χ1) is 14.1. The normalized spacial score (nSPS) is 27.7. The first-order valence-corrected chi connectivity index (χ1v) is 12.2. The van der Waals surface area contributed by atoms with Crippen molar-refractivity contribution in [1.29, 1.82) is 0 Å². The quantitative estimate of drug-likeness (QED) is 0.374. The van der Waals surface area contributed by atoms with Crippen LogP contribution in [0.1, 0.15) is 109 Å². The second kappa shape index (κ2) is 11.3. The van der Waals surface area contributed by atoms with E-state index in [1.54, 1.807) is 12.1 Å². The molecule has 0 radical (unpaired) electrons. The van der Waals surface area contributed by atoms with Crippen LogP contribution in [-0.2, 0) is 0 Å². The molecule has 1 aromatic rings. The molecule has 0 aliphatic heterocycles. The number of rotatable bonds is 9. The van der Waals surface area contributed by atoms with Crippen molar-refractivity contribution in [3.63, 3.8) is 0 Å². The highest BCUT2D eigenvalue weighted by Gasteiger charge is 2.27. The third-order valence-corrected chi connectivity index (χ3v) is 7.65. The molecule has 0 N–H and O–H groups in total. The topological polar surface area (TPSA) is 9.23 Å². The fourth-order valence-electron chi connectivity index (χ4n) is 5.46. The molecule has 3 rings (SSSR count). The maximum Gasteiger partial charge on any atom is 0.200 e. The SMILES string of the molecule is CCCCOc1ccc(C2CCC(CCC3CCC(CC)CC3)CC2)c(F)c1F. The van der Waals surface area contributed by atoms with Gasteiger partial charge in [0.25, 0.3) is 0 Å². The molecule has 3 heteroatoms. The summed E-state index contributed by atoms with van der Waals surface area (Å²) in [5.41, 5.74) is 0.557. The van der Waals surface area contributed by atoms with Crippen LogP contribution in [0.3, 0.4) is 0 Å². The second-order valence-corrected chi connectivity index (χ2v) is 9.57. The Morgan fingerprint density at radius 1 is 0.793 bits per heavy atom. The Morgan fingerprint density at radius 3 is 1.97 bits per heavy atom. The molecule has 0 saturated heterocycles. The maximum atomic E-state index is 14.6. The van der Waals surface area contributed by atoms with Gasteiger partial charge in [-0.2, -0.15) is 4.39 Å². The molecular weight excluding hydrogens is 366 g/mol. The van der Waals surface area contributed by atoms with Gasteiger partial charge in [-0.15, -0.1) is 0 Å². The minimum absolute atomic E-state index is 0.0613. The summed E-state index contributed by atoms with van der Waals surface area (Å²) < 4.78 is 34.5. The fourth-order valence-corrected chi connectivity index (χ4v) is 5.46. The molecule has 29 heavy (non-hydrogen) atoms. The minimum atomic E-state index is -0.802. The van der Waals surface area contributed by atoms with E-state index >= 15 is 0 Å². The van der Waals surface area contributed by atoms with Crippen LogP contribution >= 0.6 is 0 Å².